The number of halogens is 6. The van der Waals surface area contributed by atoms with E-state index in [1.807, 2.05) is 10.6 Å². The number of alkyl halides is 4. The van der Waals surface area contributed by atoms with Gasteiger partial charge in [0.1, 0.15) is 0 Å². The van der Waals surface area contributed by atoms with Gasteiger partial charge in [0, 0.05) is 24.2 Å². The Kier molecular flexibility index (Phi) is 9.21. The zero-order chi connectivity index (χ0) is 23.8. The molecule has 0 aliphatic rings. The van der Waals surface area contributed by atoms with Crippen LogP contribution < -0.4 is 10.6 Å². The molecule has 0 bridgehead atoms. The fraction of sp³-hybridized carbons (Fsp3) is 0.182. The molecule has 0 saturated heterocycles. The van der Waals surface area contributed by atoms with Gasteiger partial charge in [-0.25, -0.2) is 0 Å². The van der Waals surface area contributed by atoms with E-state index in [1.54, 1.807) is 60.7 Å². The molecule has 170 valence electrons. The minimum atomic E-state index is -4.36. The minimum absolute atomic E-state index is 0.230. The Balaban J connectivity index is 2.17. The van der Waals surface area contributed by atoms with Crippen LogP contribution in [0, 0.1) is 0 Å². The van der Waals surface area contributed by atoms with E-state index in [4.69, 9.17) is 0 Å². The molecule has 0 fully saturated rings. The Morgan fingerprint density at radius 3 is 1.28 bits per heavy atom. The lowest BCUT2D eigenvalue weighted by molar-refractivity contribution is -0.144. The van der Waals surface area contributed by atoms with Crippen LogP contribution in [0.3, 0.4) is 0 Å². The van der Waals surface area contributed by atoms with Crippen molar-refractivity contribution in [2.45, 2.75) is 24.9 Å². The molecule has 32 heavy (non-hydrogen) atoms. The molecule has 0 aliphatic heterocycles. The Labute approximate surface area is 199 Å². The molecule has 2 aromatic carbocycles. The summed E-state index contributed by atoms with van der Waals surface area (Å²) in [7, 11) is 0. The first-order chi connectivity index (χ1) is 15.1. The summed E-state index contributed by atoms with van der Waals surface area (Å²) < 4.78 is 59.3. The largest absolute Gasteiger partial charge is 0.350 e. The van der Waals surface area contributed by atoms with E-state index in [2.05, 4.69) is 31.9 Å². The highest BCUT2D eigenvalue weighted by atomic mass is 79.9. The van der Waals surface area contributed by atoms with Crippen molar-refractivity contribution >= 4 is 43.7 Å². The van der Waals surface area contributed by atoms with E-state index in [-0.39, 0.29) is 13.1 Å². The van der Waals surface area contributed by atoms with Crippen LogP contribution in [0.1, 0.15) is 11.1 Å². The van der Waals surface area contributed by atoms with Gasteiger partial charge in [-0.05, 0) is 21.1 Å². The van der Waals surface area contributed by atoms with Gasteiger partial charge in [-0.1, -0.05) is 92.5 Å². The lowest BCUT2D eigenvalue weighted by Gasteiger charge is -2.25. The van der Waals surface area contributed by atoms with Crippen molar-refractivity contribution in [1.82, 2.24) is 10.6 Å². The summed E-state index contributed by atoms with van der Waals surface area (Å²) in [5.74, 6) is -12.3. The molecule has 2 amide bonds. The summed E-state index contributed by atoms with van der Waals surface area (Å²) in [5, 5.41) is 4.04. The molecule has 2 aromatic rings. The first kappa shape index (κ1) is 25.8. The van der Waals surface area contributed by atoms with Crippen molar-refractivity contribution in [2.24, 2.45) is 0 Å². The lowest BCUT2D eigenvalue weighted by atomic mass is 9.96. The lowest BCUT2D eigenvalue weighted by Crippen LogP contribution is -2.47. The summed E-state index contributed by atoms with van der Waals surface area (Å²) in [5.41, 5.74) is -1.63. The first-order valence-electron chi connectivity index (χ1n) is 9.16. The second kappa shape index (κ2) is 11.4. The van der Waals surface area contributed by atoms with Gasteiger partial charge in [-0.3, -0.25) is 9.59 Å². The van der Waals surface area contributed by atoms with Crippen LogP contribution in [0.4, 0.5) is 17.6 Å². The summed E-state index contributed by atoms with van der Waals surface area (Å²) >= 11 is 5.25. The quantitative estimate of drug-likeness (QED) is 0.308. The molecule has 10 heteroatoms. The van der Waals surface area contributed by atoms with Gasteiger partial charge in [0.05, 0.1) is 0 Å². The number of amides is 2. The van der Waals surface area contributed by atoms with Crippen molar-refractivity contribution in [3.8, 4) is 0 Å². The normalized spacial score (nSPS) is 12.9. The highest BCUT2D eigenvalue weighted by Gasteiger charge is 2.53. The highest BCUT2D eigenvalue weighted by Crippen LogP contribution is 2.40. The first-order valence-corrected chi connectivity index (χ1v) is 11.0. The molecule has 0 saturated carbocycles. The van der Waals surface area contributed by atoms with Crippen LogP contribution in [0.5, 0.6) is 0 Å². The molecule has 2 N–H and O–H groups in total. The molecule has 0 radical (unpaired) electrons. The predicted molar refractivity (Wildman–Crippen MR) is 120 cm³/mol. The maximum Gasteiger partial charge on any atom is 0.350 e. The molecule has 2 rings (SSSR count). The van der Waals surface area contributed by atoms with Crippen molar-refractivity contribution in [3.63, 3.8) is 0 Å². The van der Waals surface area contributed by atoms with E-state index >= 15 is 0 Å². The van der Waals surface area contributed by atoms with Crippen LogP contribution in [0.15, 0.2) is 81.8 Å². The highest BCUT2D eigenvalue weighted by molar-refractivity contribution is 9.11. The van der Waals surface area contributed by atoms with Gasteiger partial charge in [-0.2, -0.15) is 17.6 Å². The summed E-state index contributed by atoms with van der Waals surface area (Å²) in [6, 6.07) is 16.5. The van der Waals surface area contributed by atoms with Gasteiger partial charge in [-0.15, -0.1) is 0 Å². The van der Waals surface area contributed by atoms with Crippen LogP contribution >= 0.6 is 31.9 Å². The number of rotatable bonds is 9. The predicted octanol–water partition coefficient (Wildman–Crippen LogP) is 5.45. The van der Waals surface area contributed by atoms with Crippen LogP contribution in [0.2, 0.25) is 0 Å². The van der Waals surface area contributed by atoms with Crippen molar-refractivity contribution < 1.29 is 27.2 Å². The van der Waals surface area contributed by atoms with Crippen molar-refractivity contribution in [1.29, 1.82) is 0 Å². The molecule has 0 heterocycles. The van der Waals surface area contributed by atoms with E-state index in [9.17, 15) is 27.2 Å². The molecule has 0 spiro atoms. The van der Waals surface area contributed by atoms with Gasteiger partial charge in [0.15, 0.2) is 0 Å². The van der Waals surface area contributed by atoms with Crippen molar-refractivity contribution in [2.75, 3.05) is 0 Å². The Hall–Kier alpha value is -2.46. The molecule has 0 aliphatic carbocycles. The van der Waals surface area contributed by atoms with Gasteiger partial charge < -0.3 is 10.6 Å². The van der Waals surface area contributed by atoms with Gasteiger partial charge >= 0.3 is 11.8 Å². The van der Waals surface area contributed by atoms with Gasteiger partial charge in [0.2, 0.25) is 0 Å². The molecule has 0 atom stereocenters. The third kappa shape index (κ3) is 6.29. The Morgan fingerprint density at radius 1 is 0.688 bits per heavy atom. The average Bonchev–Trinajstić information content (AvgIpc) is 2.80. The third-order valence-corrected chi connectivity index (χ3v) is 5.26. The van der Waals surface area contributed by atoms with Crippen LogP contribution in [-0.4, -0.2) is 23.7 Å². The second-order valence-corrected chi connectivity index (χ2v) is 7.45. The maximum absolute atomic E-state index is 14.8. The van der Waals surface area contributed by atoms with E-state index in [1.165, 1.54) is 0 Å². The topological polar surface area (TPSA) is 58.2 Å². The maximum atomic E-state index is 14.8. The Bertz CT molecular complexity index is 916. The summed E-state index contributed by atoms with van der Waals surface area (Å²) in [6.07, 6.45) is 0. The van der Waals surface area contributed by atoms with Crippen molar-refractivity contribution in [3.05, 3.63) is 92.9 Å². The molecular weight excluding hydrogens is 560 g/mol. The zero-order valence-corrected chi connectivity index (χ0v) is 19.6. The fourth-order valence-electron chi connectivity index (χ4n) is 2.62. The van der Waals surface area contributed by atoms with Gasteiger partial charge in [0.25, 0.3) is 11.8 Å². The standard InChI is InChI=1S/C22H18Br2F4N2O2/c23-11-17(21(25,26)19(31)29-13-15-7-3-1-4-8-15)18(12-24)22(27,28)20(32)30-14-16-9-5-2-6-10-16/h1-12H,13-14H2,(H,29,31)(H,30,32)/b17-11-,18-12-. The van der Waals surface area contributed by atoms with Crippen LogP contribution in [-0.2, 0) is 22.7 Å². The number of nitrogens with one attached hydrogen (secondary N) is 2. The molecular formula is C22H18Br2F4N2O2. The minimum Gasteiger partial charge on any atom is -0.346 e. The monoisotopic (exact) mass is 576 g/mol. The van der Waals surface area contributed by atoms with E-state index < -0.39 is 34.8 Å². The number of benzene rings is 2. The number of carbonyl (C=O) groups excluding carboxylic acids is 2. The molecule has 4 nitrogen and oxygen atoms in total. The Morgan fingerprint density at radius 2 is 1.00 bits per heavy atom. The number of hydrogen-bond acceptors (Lipinski definition) is 2. The average molecular weight is 578 g/mol. The molecule has 0 aromatic heterocycles. The summed E-state index contributed by atoms with van der Waals surface area (Å²) in [4.78, 5) is 25.3. The fourth-order valence-corrected chi connectivity index (χ4v) is 3.68. The zero-order valence-electron chi connectivity index (χ0n) is 16.4. The number of hydrogen-bond donors (Lipinski definition) is 2. The third-order valence-electron chi connectivity index (χ3n) is 4.35. The smallest absolute Gasteiger partial charge is 0.346 e. The van der Waals surface area contributed by atoms with E-state index in [0.717, 1.165) is 0 Å². The SMILES string of the molecule is O=C(NCc1ccccc1)C(F)(F)C(=C\Br)/C(=C/Br)C(F)(F)C(=O)NCc1ccccc1. The number of carbonyl (C=O) groups is 2. The van der Waals surface area contributed by atoms with Crippen LogP contribution in [0.25, 0.3) is 0 Å². The summed E-state index contributed by atoms with van der Waals surface area (Å²) in [6.45, 7) is -0.460. The second-order valence-electron chi connectivity index (χ2n) is 6.53. The van der Waals surface area contributed by atoms with E-state index in [0.29, 0.717) is 21.1 Å². The molecule has 0 unspecified atom stereocenters.